The zero-order chi connectivity index (χ0) is 18.8. The summed E-state index contributed by atoms with van der Waals surface area (Å²) in [5.41, 5.74) is 1.11. The molecular formula is C21H27N3O3. The number of likely N-dealkylation sites (tertiary alicyclic amines) is 1. The van der Waals surface area contributed by atoms with E-state index in [0.29, 0.717) is 5.76 Å². The number of furan rings is 1. The van der Waals surface area contributed by atoms with Gasteiger partial charge in [0.05, 0.1) is 19.7 Å². The SMILES string of the molecule is COc1cccc([C@@H]2CCN2C(=O)c2ccc(CN3CCN(C)CC3)o2)c1. The molecule has 6 nitrogen and oxygen atoms in total. The Morgan fingerprint density at radius 1 is 1.15 bits per heavy atom. The van der Waals surface area contributed by atoms with E-state index >= 15 is 0 Å². The van der Waals surface area contributed by atoms with Gasteiger partial charge in [0, 0.05) is 32.7 Å². The number of piperazine rings is 1. The number of hydrogen-bond acceptors (Lipinski definition) is 5. The van der Waals surface area contributed by atoms with Crippen LogP contribution in [-0.4, -0.2) is 67.5 Å². The zero-order valence-electron chi connectivity index (χ0n) is 16.1. The Hall–Kier alpha value is -2.31. The molecule has 2 fully saturated rings. The molecule has 2 aliphatic heterocycles. The fourth-order valence-corrected chi connectivity index (χ4v) is 3.77. The summed E-state index contributed by atoms with van der Waals surface area (Å²) in [5.74, 6) is 2.09. The molecule has 0 unspecified atom stereocenters. The first-order valence-corrected chi connectivity index (χ1v) is 9.58. The minimum atomic E-state index is -0.0290. The molecule has 1 atom stereocenters. The summed E-state index contributed by atoms with van der Waals surface area (Å²) >= 11 is 0. The molecule has 0 N–H and O–H groups in total. The standard InChI is InChI=1S/C21H27N3O3/c1-22-10-12-23(13-11-22)15-18-6-7-20(27-18)21(25)24-9-8-19(24)16-4-3-5-17(14-16)26-2/h3-7,14,19H,8-13,15H2,1-2H3/t19-/m0/s1. The highest BCUT2D eigenvalue weighted by atomic mass is 16.5. The Morgan fingerprint density at radius 2 is 1.96 bits per heavy atom. The van der Waals surface area contributed by atoms with Crippen LogP contribution in [-0.2, 0) is 6.54 Å². The second kappa shape index (κ2) is 7.74. The summed E-state index contributed by atoms with van der Waals surface area (Å²) in [6.07, 6.45) is 0.966. The zero-order valence-corrected chi connectivity index (χ0v) is 16.1. The van der Waals surface area contributed by atoms with Gasteiger partial charge in [0.1, 0.15) is 11.5 Å². The van der Waals surface area contributed by atoms with Crippen molar-refractivity contribution < 1.29 is 13.9 Å². The van der Waals surface area contributed by atoms with Gasteiger partial charge in [-0.2, -0.15) is 0 Å². The number of methoxy groups -OCH3 is 1. The molecular weight excluding hydrogens is 342 g/mol. The van der Waals surface area contributed by atoms with Gasteiger partial charge in [-0.15, -0.1) is 0 Å². The molecule has 27 heavy (non-hydrogen) atoms. The van der Waals surface area contributed by atoms with Gasteiger partial charge in [-0.05, 0) is 43.3 Å². The van der Waals surface area contributed by atoms with Crippen LogP contribution >= 0.6 is 0 Å². The smallest absolute Gasteiger partial charge is 0.290 e. The average Bonchev–Trinajstić information content (AvgIpc) is 3.11. The second-order valence-corrected chi connectivity index (χ2v) is 7.43. The summed E-state index contributed by atoms with van der Waals surface area (Å²) in [5, 5.41) is 0. The third-order valence-corrected chi connectivity index (χ3v) is 5.61. The first kappa shape index (κ1) is 18.1. The summed E-state index contributed by atoms with van der Waals surface area (Å²) in [6.45, 7) is 5.73. The molecule has 1 amide bonds. The second-order valence-electron chi connectivity index (χ2n) is 7.43. The third-order valence-electron chi connectivity index (χ3n) is 5.61. The highest BCUT2D eigenvalue weighted by Crippen LogP contribution is 2.36. The Kier molecular flexibility index (Phi) is 5.18. The van der Waals surface area contributed by atoms with Crippen LogP contribution in [0, 0.1) is 0 Å². The quantitative estimate of drug-likeness (QED) is 0.811. The fraction of sp³-hybridized carbons (Fsp3) is 0.476. The van der Waals surface area contributed by atoms with Crippen LogP contribution in [0.4, 0.5) is 0 Å². The number of hydrogen-bond donors (Lipinski definition) is 0. The number of amides is 1. The predicted molar refractivity (Wildman–Crippen MR) is 103 cm³/mol. The van der Waals surface area contributed by atoms with Crippen LogP contribution in [0.5, 0.6) is 5.75 Å². The van der Waals surface area contributed by atoms with Crippen molar-refractivity contribution >= 4 is 5.91 Å². The van der Waals surface area contributed by atoms with Crippen molar-refractivity contribution in [1.82, 2.24) is 14.7 Å². The topological polar surface area (TPSA) is 49.2 Å². The Labute approximate surface area is 160 Å². The van der Waals surface area contributed by atoms with Crippen LogP contribution in [0.2, 0.25) is 0 Å². The first-order chi connectivity index (χ1) is 13.1. The van der Waals surface area contributed by atoms with Crippen molar-refractivity contribution in [2.45, 2.75) is 19.0 Å². The molecule has 2 aliphatic rings. The maximum absolute atomic E-state index is 12.9. The third kappa shape index (κ3) is 3.87. The lowest BCUT2D eigenvalue weighted by Crippen LogP contribution is -2.45. The molecule has 0 saturated carbocycles. The largest absolute Gasteiger partial charge is 0.497 e. The van der Waals surface area contributed by atoms with E-state index in [1.165, 1.54) is 0 Å². The number of nitrogens with zero attached hydrogens (tertiary/aromatic N) is 3. The molecule has 1 aromatic carbocycles. The molecule has 0 radical (unpaired) electrons. The van der Waals surface area contributed by atoms with Crippen molar-refractivity contribution in [3.05, 3.63) is 53.5 Å². The van der Waals surface area contributed by atoms with E-state index in [1.54, 1.807) is 7.11 Å². The van der Waals surface area contributed by atoms with E-state index in [2.05, 4.69) is 16.8 Å². The Bertz CT molecular complexity index is 795. The molecule has 0 aliphatic carbocycles. The molecule has 1 aromatic heterocycles. The molecule has 0 bridgehead atoms. The van der Waals surface area contributed by atoms with Gasteiger partial charge in [0.2, 0.25) is 0 Å². The van der Waals surface area contributed by atoms with Crippen LogP contribution in [0.25, 0.3) is 0 Å². The highest BCUT2D eigenvalue weighted by molar-refractivity contribution is 5.92. The summed E-state index contributed by atoms with van der Waals surface area (Å²) in [7, 11) is 3.81. The Balaban J connectivity index is 1.40. The molecule has 2 saturated heterocycles. The van der Waals surface area contributed by atoms with Gasteiger partial charge in [-0.25, -0.2) is 0 Å². The highest BCUT2D eigenvalue weighted by Gasteiger charge is 2.35. The number of ether oxygens (including phenoxy) is 1. The maximum Gasteiger partial charge on any atom is 0.290 e. The van der Waals surface area contributed by atoms with E-state index in [0.717, 1.165) is 62.8 Å². The van der Waals surface area contributed by atoms with Gasteiger partial charge in [0.25, 0.3) is 5.91 Å². The molecule has 0 spiro atoms. The average molecular weight is 369 g/mol. The lowest BCUT2D eigenvalue weighted by molar-refractivity contribution is 0.0423. The number of carbonyl (C=O) groups excluding carboxylic acids is 1. The summed E-state index contributed by atoms with van der Waals surface area (Å²) in [4.78, 5) is 19.5. The first-order valence-electron chi connectivity index (χ1n) is 9.58. The number of likely N-dealkylation sites (N-methyl/N-ethyl adjacent to an activating group) is 1. The van der Waals surface area contributed by atoms with Gasteiger partial charge in [0.15, 0.2) is 5.76 Å². The van der Waals surface area contributed by atoms with Crippen LogP contribution < -0.4 is 4.74 Å². The van der Waals surface area contributed by atoms with Gasteiger partial charge in [-0.1, -0.05) is 12.1 Å². The van der Waals surface area contributed by atoms with E-state index in [9.17, 15) is 4.79 Å². The van der Waals surface area contributed by atoms with Crippen LogP contribution in [0.3, 0.4) is 0 Å². The lowest BCUT2D eigenvalue weighted by atomic mass is 9.94. The number of benzene rings is 1. The van der Waals surface area contributed by atoms with Crippen molar-refractivity contribution in [1.29, 1.82) is 0 Å². The van der Waals surface area contributed by atoms with Crippen molar-refractivity contribution in [3.8, 4) is 5.75 Å². The molecule has 2 aromatic rings. The molecule has 3 heterocycles. The molecule has 144 valence electrons. The van der Waals surface area contributed by atoms with E-state index < -0.39 is 0 Å². The van der Waals surface area contributed by atoms with E-state index in [-0.39, 0.29) is 11.9 Å². The van der Waals surface area contributed by atoms with E-state index in [1.807, 2.05) is 41.3 Å². The number of carbonyl (C=O) groups is 1. The predicted octanol–water partition coefficient (Wildman–Crippen LogP) is 2.62. The van der Waals surface area contributed by atoms with Crippen LogP contribution in [0.15, 0.2) is 40.8 Å². The van der Waals surface area contributed by atoms with Crippen molar-refractivity contribution in [3.63, 3.8) is 0 Å². The van der Waals surface area contributed by atoms with Crippen molar-refractivity contribution in [2.24, 2.45) is 0 Å². The molecule has 6 heteroatoms. The monoisotopic (exact) mass is 369 g/mol. The fourth-order valence-electron chi connectivity index (χ4n) is 3.77. The van der Waals surface area contributed by atoms with Gasteiger partial charge >= 0.3 is 0 Å². The lowest BCUT2D eigenvalue weighted by Gasteiger charge is -2.40. The number of rotatable bonds is 5. The van der Waals surface area contributed by atoms with E-state index in [4.69, 9.17) is 9.15 Å². The van der Waals surface area contributed by atoms with Gasteiger partial charge < -0.3 is 19.0 Å². The Morgan fingerprint density at radius 3 is 2.67 bits per heavy atom. The summed E-state index contributed by atoms with van der Waals surface area (Å²) < 4.78 is 11.2. The van der Waals surface area contributed by atoms with Crippen LogP contribution in [0.1, 0.15) is 34.3 Å². The van der Waals surface area contributed by atoms with Crippen molar-refractivity contribution in [2.75, 3.05) is 46.9 Å². The maximum atomic E-state index is 12.9. The van der Waals surface area contributed by atoms with Gasteiger partial charge in [-0.3, -0.25) is 9.69 Å². The minimum Gasteiger partial charge on any atom is -0.497 e. The summed E-state index contributed by atoms with van der Waals surface area (Å²) in [6, 6.07) is 11.8. The normalized spacial score (nSPS) is 21.1. The molecule has 4 rings (SSSR count). The minimum absolute atomic E-state index is 0.0290.